The van der Waals surface area contributed by atoms with Gasteiger partial charge in [0.2, 0.25) is 0 Å². The number of likely N-dealkylation sites (tertiary alicyclic amines) is 1. The minimum atomic E-state index is -1.93. The van der Waals surface area contributed by atoms with Gasteiger partial charge in [-0.2, -0.15) is 5.26 Å². The number of hydrogen-bond donors (Lipinski definition) is 1. The molecule has 1 amide bonds. The maximum Gasteiger partial charge on any atom is 0.407 e. The maximum absolute atomic E-state index is 11.4. The lowest BCUT2D eigenvalue weighted by Crippen LogP contribution is -2.47. The van der Waals surface area contributed by atoms with E-state index < -0.39 is 14.4 Å². The Labute approximate surface area is 122 Å². The molecule has 1 saturated heterocycles. The van der Waals surface area contributed by atoms with Gasteiger partial charge in [-0.3, -0.25) is 4.90 Å². The van der Waals surface area contributed by atoms with E-state index in [2.05, 4.69) is 39.9 Å². The van der Waals surface area contributed by atoms with Crippen LogP contribution in [0.3, 0.4) is 0 Å². The standard InChI is InChI=1S/C14H26N2O3Si/c1-10-12(19-20(5,6)14(2,3)4)9-11(7-8-15)16(10)13(17)18/h10-12H,7,9H2,1-6H3,(H,17,18)/t10-,11+,12+/m0/s1. The number of nitrogens with zero attached hydrogens (tertiary/aromatic N) is 2. The highest BCUT2D eigenvalue weighted by molar-refractivity contribution is 6.74. The average Bonchev–Trinajstić information content (AvgIpc) is 2.53. The van der Waals surface area contributed by atoms with Gasteiger partial charge in [-0.25, -0.2) is 4.79 Å². The van der Waals surface area contributed by atoms with Crippen LogP contribution in [0.25, 0.3) is 0 Å². The minimum absolute atomic E-state index is 0.0914. The molecule has 1 heterocycles. The van der Waals surface area contributed by atoms with Crippen LogP contribution in [-0.2, 0) is 4.43 Å². The predicted octanol–water partition coefficient (Wildman–Crippen LogP) is 3.43. The van der Waals surface area contributed by atoms with Gasteiger partial charge in [0.15, 0.2) is 8.32 Å². The lowest BCUT2D eigenvalue weighted by atomic mass is 10.1. The first-order valence-corrected chi connectivity index (χ1v) is 9.98. The van der Waals surface area contributed by atoms with Crippen LogP contribution in [0, 0.1) is 11.3 Å². The van der Waals surface area contributed by atoms with Gasteiger partial charge < -0.3 is 9.53 Å². The summed E-state index contributed by atoms with van der Waals surface area (Å²) in [6, 6.07) is 1.64. The molecule has 0 aromatic heterocycles. The molecule has 0 unspecified atom stereocenters. The zero-order valence-corrected chi connectivity index (χ0v) is 14.3. The number of carboxylic acid groups (broad SMARTS) is 1. The van der Waals surface area contributed by atoms with Crippen LogP contribution >= 0.6 is 0 Å². The molecule has 0 bridgehead atoms. The minimum Gasteiger partial charge on any atom is -0.465 e. The number of carbonyl (C=O) groups is 1. The molecule has 1 N–H and O–H groups in total. The molecule has 0 radical (unpaired) electrons. The molecule has 3 atom stereocenters. The van der Waals surface area contributed by atoms with E-state index in [1.165, 1.54) is 4.90 Å². The third kappa shape index (κ3) is 3.33. The van der Waals surface area contributed by atoms with Gasteiger partial charge in [-0.05, 0) is 31.5 Å². The van der Waals surface area contributed by atoms with Gasteiger partial charge in [0, 0.05) is 0 Å². The zero-order chi connectivity index (χ0) is 15.7. The quantitative estimate of drug-likeness (QED) is 0.810. The second kappa shape index (κ2) is 5.74. The molecular weight excluding hydrogens is 272 g/mol. The van der Waals surface area contributed by atoms with Crippen LogP contribution in [0.1, 0.15) is 40.5 Å². The topological polar surface area (TPSA) is 73.6 Å². The highest BCUT2D eigenvalue weighted by atomic mass is 28.4. The molecule has 0 aliphatic carbocycles. The fourth-order valence-electron chi connectivity index (χ4n) is 2.41. The van der Waals surface area contributed by atoms with E-state index in [0.29, 0.717) is 6.42 Å². The highest BCUT2D eigenvalue weighted by Crippen LogP contribution is 2.40. The van der Waals surface area contributed by atoms with E-state index in [1.807, 2.05) is 6.92 Å². The highest BCUT2D eigenvalue weighted by Gasteiger charge is 2.47. The first kappa shape index (κ1) is 17.0. The smallest absolute Gasteiger partial charge is 0.407 e. The Kier molecular flexibility index (Phi) is 4.88. The van der Waals surface area contributed by atoms with Crippen LogP contribution in [0.15, 0.2) is 0 Å². The summed E-state index contributed by atoms with van der Waals surface area (Å²) >= 11 is 0. The fraction of sp³-hybridized carbons (Fsp3) is 0.857. The average molecular weight is 298 g/mol. The van der Waals surface area contributed by atoms with Crippen molar-refractivity contribution >= 4 is 14.4 Å². The van der Waals surface area contributed by atoms with Gasteiger partial charge in [0.1, 0.15) is 0 Å². The third-order valence-electron chi connectivity index (χ3n) is 4.67. The molecule has 20 heavy (non-hydrogen) atoms. The summed E-state index contributed by atoms with van der Waals surface area (Å²) < 4.78 is 6.36. The summed E-state index contributed by atoms with van der Waals surface area (Å²) in [4.78, 5) is 12.8. The monoisotopic (exact) mass is 298 g/mol. The van der Waals surface area contributed by atoms with Gasteiger partial charge in [0.25, 0.3) is 0 Å². The maximum atomic E-state index is 11.4. The van der Waals surface area contributed by atoms with Gasteiger partial charge >= 0.3 is 6.09 Å². The van der Waals surface area contributed by atoms with E-state index in [4.69, 9.17) is 9.69 Å². The van der Waals surface area contributed by atoms with Gasteiger partial charge in [-0.1, -0.05) is 20.8 Å². The number of amides is 1. The number of hydrogen-bond acceptors (Lipinski definition) is 3. The van der Waals surface area contributed by atoms with Crippen molar-refractivity contribution in [1.82, 2.24) is 4.90 Å². The summed E-state index contributed by atoms with van der Waals surface area (Å²) in [6.07, 6.45) is -0.217. The normalized spacial score (nSPS) is 27.4. The Morgan fingerprint density at radius 1 is 1.50 bits per heavy atom. The third-order valence-corrected chi connectivity index (χ3v) is 9.18. The number of nitriles is 1. The number of rotatable bonds is 3. The van der Waals surface area contributed by atoms with E-state index in [-0.39, 0.29) is 29.6 Å². The Morgan fingerprint density at radius 3 is 2.45 bits per heavy atom. The Morgan fingerprint density at radius 2 is 2.05 bits per heavy atom. The molecule has 1 rings (SSSR count). The Hall–Kier alpha value is -1.06. The van der Waals surface area contributed by atoms with Crippen LogP contribution < -0.4 is 0 Å². The van der Waals surface area contributed by atoms with Crippen molar-refractivity contribution in [2.24, 2.45) is 0 Å². The second-order valence-corrected chi connectivity index (χ2v) is 11.9. The lowest BCUT2D eigenvalue weighted by molar-refractivity contribution is 0.103. The second-order valence-electron chi connectivity index (χ2n) is 7.10. The molecule has 5 nitrogen and oxygen atoms in total. The first-order valence-electron chi connectivity index (χ1n) is 7.07. The molecule has 1 aliphatic rings. The molecule has 0 saturated carbocycles. The molecule has 0 spiro atoms. The summed E-state index contributed by atoms with van der Waals surface area (Å²) in [5.74, 6) is 0. The van der Waals surface area contributed by atoms with Crippen LogP contribution in [0.4, 0.5) is 4.79 Å². The summed E-state index contributed by atoms with van der Waals surface area (Å²) in [5, 5.41) is 18.3. The first-order chi connectivity index (χ1) is 9.01. The van der Waals surface area contributed by atoms with Crippen molar-refractivity contribution in [3.05, 3.63) is 0 Å². The van der Waals surface area contributed by atoms with Crippen molar-refractivity contribution in [3.63, 3.8) is 0 Å². The largest absolute Gasteiger partial charge is 0.465 e. The van der Waals surface area contributed by atoms with Crippen molar-refractivity contribution in [3.8, 4) is 6.07 Å². The molecular formula is C14H26N2O3Si. The van der Waals surface area contributed by atoms with Gasteiger partial charge in [-0.15, -0.1) is 0 Å². The molecule has 0 aromatic rings. The molecule has 0 aromatic carbocycles. The van der Waals surface area contributed by atoms with E-state index in [0.717, 1.165) is 0 Å². The summed E-state index contributed by atoms with van der Waals surface area (Å²) in [5.41, 5.74) is 0. The molecule has 6 heteroatoms. The molecule has 1 fully saturated rings. The van der Waals surface area contributed by atoms with E-state index in [9.17, 15) is 9.90 Å². The van der Waals surface area contributed by atoms with Crippen molar-refractivity contribution < 1.29 is 14.3 Å². The van der Waals surface area contributed by atoms with Crippen molar-refractivity contribution in [1.29, 1.82) is 5.26 Å². The van der Waals surface area contributed by atoms with E-state index >= 15 is 0 Å². The van der Waals surface area contributed by atoms with Crippen LogP contribution in [-0.4, -0.2) is 42.6 Å². The van der Waals surface area contributed by atoms with Gasteiger partial charge in [0.05, 0.1) is 30.7 Å². The predicted molar refractivity (Wildman–Crippen MR) is 80.0 cm³/mol. The molecule has 1 aliphatic heterocycles. The van der Waals surface area contributed by atoms with Crippen molar-refractivity contribution in [2.45, 2.75) is 76.9 Å². The van der Waals surface area contributed by atoms with Crippen LogP contribution in [0.2, 0.25) is 18.1 Å². The van der Waals surface area contributed by atoms with E-state index in [1.54, 1.807) is 0 Å². The SMILES string of the molecule is C[C@H]1[C@H](O[Si](C)(C)C(C)(C)C)C[C@@H](CC#N)N1C(=O)O. The van der Waals surface area contributed by atoms with Crippen LogP contribution in [0.5, 0.6) is 0 Å². The Bertz CT molecular complexity index is 412. The summed E-state index contributed by atoms with van der Waals surface area (Å²) in [6.45, 7) is 12.7. The lowest BCUT2D eigenvalue weighted by Gasteiger charge is -2.39. The zero-order valence-electron chi connectivity index (χ0n) is 13.3. The summed E-state index contributed by atoms with van der Waals surface area (Å²) in [7, 11) is -1.93. The fourth-order valence-corrected chi connectivity index (χ4v) is 3.81. The Balaban J connectivity index is 2.89. The molecule has 114 valence electrons. The van der Waals surface area contributed by atoms with Crippen molar-refractivity contribution in [2.75, 3.05) is 0 Å².